The van der Waals surface area contributed by atoms with Gasteiger partial charge >= 0.3 is 0 Å². The van der Waals surface area contributed by atoms with Crippen molar-refractivity contribution in [3.8, 4) is 22.7 Å². The average Bonchev–Trinajstić information content (AvgIpc) is 0.954. The molecule has 1 N–H and O–H groups in total. The smallest absolute Gasteiger partial charge is 0.272 e. The molecule has 3 fully saturated rings. The van der Waals surface area contributed by atoms with E-state index in [0.717, 1.165) is 38.3 Å². The summed E-state index contributed by atoms with van der Waals surface area (Å²) in [7, 11) is -25.6. The summed E-state index contributed by atoms with van der Waals surface area (Å²) in [4.78, 5) is 28.0. The van der Waals surface area contributed by atoms with Gasteiger partial charge in [0.05, 0.1) is 61.7 Å². The maximum absolute atomic E-state index is 13.4. The van der Waals surface area contributed by atoms with Crippen molar-refractivity contribution in [3.05, 3.63) is 267 Å². The fourth-order valence-electron chi connectivity index (χ4n) is 16.4. The number of sulfone groups is 5. The van der Waals surface area contributed by atoms with E-state index in [1.54, 1.807) is 71.6 Å². The summed E-state index contributed by atoms with van der Waals surface area (Å²) in [5.41, 5.74) is 2.78. The van der Waals surface area contributed by atoms with Crippen molar-refractivity contribution in [2.45, 2.75) is 168 Å². The Balaban J connectivity index is 0.000000150. The van der Waals surface area contributed by atoms with E-state index in [0.29, 0.717) is 74.0 Å². The van der Waals surface area contributed by atoms with Crippen LogP contribution in [0.5, 0.6) is 0 Å². The van der Waals surface area contributed by atoms with Gasteiger partial charge in [0, 0.05) is 63.6 Å². The average molecular weight is 2070 g/mol. The Labute approximate surface area is 825 Å². The quantitative estimate of drug-likeness (QED) is 0.0383. The van der Waals surface area contributed by atoms with Gasteiger partial charge in [-0.05, 0) is 182 Å². The number of hydrogen-bond acceptors (Lipinski definition) is 29. The molecule has 140 heavy (non-hydrogen) atoms. The lowest BCUT2D eigenvalue weighted by atomic mass is 10.0. The number of carbonyl (C=O) groups excluding carboxylic acids is 2. The number of rotatable bonds is 32. The summed E-state index contributed by atoms with van der Waals surface area (Å²) in [6.45, 7) is 31.4. The van der Waals surface area contributed by atoms with Crippen molar-refractivity contribution in [2.24, 2.45) is 23.2 Å². The number of carbonyl (C=O) groups is 2. The van der Waals surface area contributed by atoms with Crippen LogP contribution in [0.15, 0.2) is 292 Å². The molecule has 0 spiro atoms. The normalized spacial score (nSPS) is 15.3. The Kier molecular flexibility index (Phi) is 33.4. The number of aromatic nitrogens is 17. The molecule has 1 aliphatic carbocycles. The molecule has 5 aromatic heterocycles. The van der Waals surface area contributed by atoms with Gasteiger partial charge in [0.15, 0.2) is 8.32 Å². The highest BCUT2D eigenvalue weighted by atomic mass is 32.2. The molecule has 0 unspecified atom stereocenters. The van der Waals surface area contributed by atoms with Gasteiger partial charge in [-0.1, -0.05) is 303 Å². The molecule has 0 bridgehead atoms. The summed E-state index contributed by atoms with van der Waals surface area (Å²) >= 11 is 1.18. The maximum Gasteiger partial charge on any atom is 0.272 e. The molecule has 0 radical (unpaired) electrons. The fourth-order valence-corrected chi connectivity index (χ4v) is 36.3. The molecular formula is C97H119N19O15S6Si3. The zero-order valence-electron chi connectivity index (χ0n) is 80.7. The van der Waals surface area contributed by atoms with E-state index < -0.39 is 74.1 Å². The molecule has 740 valence electrons. The molecule has 17 rings (SSSR count). The van der Waals surface area contributed by atoms with Gasteiger partial charge in [-0.25, -0.2) is 47.1 Å². The predicted molar refractivity (Wildman–Crippen MR) is 544 cm³/mol. The number of fused-ring (bicyclic) bond motifs is 1. The highest BCUT2D eigenvalue weighted by molar-refractivity contribution is 7.93. The second-order valence-electron chi connectivity index (χ2n) is 39.0. The lowest BCUT2D eigenvalue weighted by Gasteiger charge is -2.43. The number of nitrogens with one attached hydrogen (secondary N) is 1. The van der Waals surface area contributed by atoms with Gasteiger partial charge in [-0.2, -0.15) is 18.7 Å². The summed E-state index contributed by atoms with van der Waals surface area (Å²) < 4.78 is 155. The molecule has 34 nitrogen and oxygen atoms in total. The molecular weight excluding hydrogens is 1950 g/mol. The molecule has 1 saturated carbocycles. The molecule has 3 atom stereocenters. The van der Waals surface area contributed by atoms with Gasteiger partial charge < -0.3 is 23.5 Å². The molecule has 9 aromatic carbocycles. The summed E-state index contributed by atoms with van der Waals surface area (Å²) in [6, 6.07) is 84.3. The van der Waals surface area contributed by atoms with Crippen LogP contribution < -0.4 is 26.1 Å². The van der Waals surface area contributed by atoms with Gasteiger partial charge in [0.2, 0.25) is 65.3 Å². The van der Waals surface area contributed by atoms with Crippen molar-refractivity contribution >= 4 is 128 Å². The minimum Gasteiger partial charge on any atom is -0.416 e. The number of likely N-dealkylation sites (tertiary alicyclic amines) is 1. The van der Waals surface area contributed by atoms with Crippen molar-refractivity contribution in [1.29, 1.82) is 0 Å². The van der Waals surface area contributed by atoms with Crippen LogP contribution in [0.1, 0.15) is 109 Å². The van der Waals surface area contributed by atoms with E-state index in [-0.39, 0.29) is 110 Å². The van der Waals surface area contributed by atoms with Crippen molar-refractivity contribution in [1.82, 2.24) is 96.0 Å². The Morgan fingerprint density at radius 1 is 0.436 bits per heavy atom. The van der Waals surface area contributed by atoms with Crippen LogP contribution >= 0.6 is 11.3 Å². The number of thiazole rings is 1. The van der Waals surface area contributed by atoms with Crippen molar-refractivity contribution in [3.63, 3.8) is 0 Å². The minimum atomic E-state index is -3.77. The van der Waals surface area contributed by atoms with E-state index in [1.807, 2.05) is 166 Å². The predicted octanol–water partition coefficient (Wildman–Crippen LogP) is 11.8. The second-order valence-corrected chi connectivity index (χ2v) is 63.3. The third-order valence-electron chi connectivity index (χ3n) is 24.8. The van der Waals surface area contributed by atoms with Gasteiger partial charge in [-0.15, -0.1) is 11.3 Å². The maximum atomic E-state index is 13.4. The van der Waals surface area contributed by atoms with E-state index in [9.17, 15) is 51.7 Å². The first kappa shape index (κ1) is 106. The van der Waals surface area contributed by atoms with Gasteiger partial charge in [0.1, 0.15) is 0 Å². The lowest BCUT2D eigenvalue weighted by molar-refractivity contribution is -0.134. The van der Waals surface area contributed by atoms with Gasteiger partial charge in [0.25, 0.3) is 37.3 Å². The zero-order valence-corrected chi connectivity index (χ0v) is 88.6. The highest BCUT2D eigenvalue weighted by Crippen LogP contribution is 2.50. The minimum absolute atomic E-state index is 0.0157. The molecule has 2 aliphatic heterocycles. The first-order valence-electron chi connectivity index (χ1n) is 45.8. The number of tetrazole rings is 4. The highest BCUT2D eigenvalue weighted by Gasteiger charge is 2.54. The van der Waals surface area contributed by atoms with Crippen LogP contribution in [0.3, 0.4) is 0 Å². The number of amides is 2. The zero-order chi connectivity index (χ0) is 101. The number of hydrogen-bond donors (Lipinski definition) is 1. The Morgan fingerprint density at radius 3 is 1.08 bits per heavy atom. The molecule has 43 heteroatoms. The topological polar surface area (TPSA) is 435 Å². The van der Waals surface area contributed by atoms with Crippen LogP contribution in [0, 0.1) is 23.2 Å². The standard InChI is InChI=1S/2C27H32N4O3SSi.C18H28N4O3SSi.C13H15N5O3S.C12H12N2O3S2/c2*1-22(21-35(32,33)26-28-29-30-31(26)23-14-8-5-9-15-23)20-34-36(27(2,3)4,24-16-10-6-11-17-24)25-18-12-7-13-19-25;1-17(2,3)27(4,5)25-13-18(11-12-18)14-26(23,24)16-19-20-21-22(16)15-9-7-6-8-10-15;1-10(19)17-7-11(8-17)9-22(20,21)13-14-15-16-18(13)12-5-3-2-4-6-12;15-11-6-5-8(13-11)7-19(16,17)12-14-9-3-1-2-4-10(9)18-12/h2*5-19,22H,20-21H2,1-4H3;6-10H,11-14H2,1-5H3;2-6,11H,7-9H2,1H3;1-4,8H,5-7H2,(H,13,15)/t2*22-;;;8-/m10..1/s1. The summed E-state index contributed by atoms with van der Waals surface area (Å²) in [6.07, 6.45) is 2.69. The molecule has 2 amide bonds. The van der Waals surface area contributed by atoms with Gasteiger partial charge in [-0.3, -0.25) is 9.59 Å². The Bertz CT molecular complexity index is 6780. The third kappa shape index (κ3) is 25.4. The van der Waals surface area contributed by atoms with E-state index in [2.05, 4.69) is 196 Å². The van der Waals surface area contributed by atoms with Crippen LogP contribution in [-0.4, -0.2) is 237 Å². The SMILES string of the molecule is CC(=O)N1CC(CS(=O)(=O)c2nnnn2-c2ccccc2)C1.CC(C)(C)[Si](C)(C)OCC1(CS(=O)(=O)c2nnnn2-c2ccccc2)CC1.C[C@@H](CO[Si](c1ccccc1)(c1ccccc1)C(C)(C)C)CS(=O)(=O)c1nnnn1-c1ccccc1.C[C@H](CO[Si](c1ccccc1)(c1ccccc1)C(C)(C)C)CS(=O)(=O)c1nnnn1-c1ccccc1.O=C1CC[C@H](CS(=O)(=O)c2nc3ccccc3s2)N1. The van der Waals surface area contributed by atoms with Crippen LogP contribution in [0.4, 0.5) is 0 Å². The van der Waals surface area contributed by atoms with Crippen molar-refractivity contribution < 1.29 is 65.0 Å². The van der Waals surface area contributed by atoms with Crippen LogP contribution in [0.2, 0.25) is 28.2 Å². The van der Waals surface area contributed by atoms with Crippen LogP contribution in [-0.2, 0) is 72.1 Å². The fraction of sp³-hybridized carbons (Fsp3) is 0.371. The van der Waals surface area contributed by atoms with E-state index in [4.69, 9.17) is 13.3 Å². The monoisotopic (exact) mass is 2070 g/mol. The number of benzene rings is 9. The largest absolute Gasteiger partial charge is 0.416 e. The molecule has 14 aromatic rings. The molecule has 2 saturated heterocycles. The Morgan fingerprint density at radius 2 is 0.764 bits per heavy atom. The lowest BCUT2D eigenvalue weighted by Crippen LogP contribution is -2.67. The Hall–Kier alpha value is -11.6. The number of nitrogens with zero attached hydrogens (tertiary/aromatic N) is 18. The molecule has 7 heterocycles. The van der Waals surface area contributed by atoms with E-state index in [1.165, 1.54) is 37.0 Å². The first-order chi connectivity index (χ1) is 66.3. The van der Waals surface area contributed by atoms with Crippen molar-refractivity contribution in [2.75, 3.05) is 61.7 Å². The molecule has 3 aliphatic rings. The van der Waals surface area contributed by atoms with E-state index >= 15 is 0 Å². The first-order valence-corrected chi connectivity index (χ1v) is 61.6. The summed E-state index contributed by atoms with van der Waals surface area (Å²) in [5.74, 6) is -1.13. The van der Waals surface area contributed by atoms with Crippen LogP contribution in [0.25, 0.3) is 33.0 Å². The summed E-state index contributed by atoms with van der Waals surface area (Å²) in [5, 5.41) is 51.4. The number of para-hydroxylation sites is 5. The second kappa shape index (κ2) is 44.3. The third-order valence-corrected chi connectivity index (χ3v) is 49.7.